The molecule has 0 saturated carbocycles. The molecule has 0 bridgehead atoms. The Balaban J connectivity index is 1.43. The zero-order valence-electron chi connectivity index (χ0n) is 20.6. The molecule has 0 fully saturated rings. The molecule has 2 aromatic carbocycles. The summed E-state index contributed by atoms with van der Waals surface area (Å²) >= 11 is 3.46. The largest absolute Gasteiger partial charge is 0.390 e. The van der Waals surface area contributed by atoms with Crippen LogP contribution in [-0.2, 0) is 18.4 Å². The highest BCUT2D eigenvalue weighted by molar-refractivity contribution is 9.10. The second-order valence-electron chi connectivity index (χ2n) is 9.14. The van der Waals surface area contributed by atoms with Gasteiger partial charge in [0, 0.05) is 34.4 Å². The Morgan fingerprint density at radius 3 is 2.73 bits per heavy atom. The minimum absolute atomic E-state index is 0.149. The number of aromatic nitrogens is 4. The molecule has 4 aromatic rings. The van der Waals surface area contributed by atoms with Gasteiger partial charge in [0.25, 0.3) is 0 Å². The van der Waals surface area contributed by atoms with Crippen LogP contribution in [0.5, 0.6) is 0 Å². The van der Waals surface area contributed by atoms with Gasteiger partial charge in [0.15, 0.2) is 5.69 Å². The predicted molar refractivity (Wildman–Crippen MR) is 145 cm³/mol. The van der Waals surface area contributed by atoms with Crippen molar-refractivity contribution in [1.82, 2.24) is 19.5 Å². The molecule has 0 aliphatic rings. The van der Waals surface area contributed by atoms with Crippen LogP contribution in [0.15, 0.2) is 71.7 Å². The summed E-state index contributed by atoms with van der Waals surface area (Å²) in [6, 6.07) is 13.2. The fourth-order valence-electron chi connectivity index (χ4n) is 3.81. The second kappa shape index (κ2) is 10.8. The fraction of sp³-hybridized carbons (Fsp3) is 0.200. The van der Waals surface area contributed by atoms with E-state index in [1.807, 2.05) is 50.5 Å². The molecule has 0 spiro atoms. The summed E-state index contributed by atoms with van der Waals surface area (Å²) in [6.07, 6.45) is 6.14. The molecule has 1 amide bonds. The second-order valence-corrected chi connectivity index (χ2v) is 10.1. The number of quaternary nitrogens is 1. The van der Waals surface area contributed by atoms with Crippen molar-refractivity contribution < 1.29 is 14.2 Å². The van der Waals surface area contributed by atoms with E-state index in [1.165, 1.54) is 18.7 Å². The van der Waals surface area contributed by atoms with E-state index in [4.69, 9.17) is 0 Å². The van der Waals surface area contributed by atoms with Gasteiger partial charge in [0.05, 0.1) is 26.2 Å². The van der Waals surface area contributed by atoms with Crippen LogP contribution in [0.1, 0.15) is 5.69 Å². The fourth-order valence-corrected chi connectivity index (χ4v) is 4.21. The third-order valence-corrected chi connectivity index (χ3v) is 6.14. The number of anilines is 3. The normalized spacial score (nSPS) is 11.7. The Kier molecular flexibility index (Phi) is 7.60. The molecule has 0 aliphatic heterocycles. The number of imidazole rings is 1. The number of fused-ring (bicyclic) bond motifs is 1. The lowest BCUT2D eigenvalue weighted by Gasteiger charge is -2.27. The van der Waals surface area contributed by atoms with Gasteiger partial charge in [-0.1, -0.05) is 22.0 Å². The molecule has 0 atom stereocenters. The first-order valence-corrected chi connectivity index (χ1v) is 12.1. The van der Waals surface area contributed by atoms with Crippen LogP contribution in [0, 0.1) is 10.1 Å². The lowest BCUT2D eigenvalue weighted by molar-refractivity contribution is -0.898. The number of nitrogens with one attached hydrogen (secondary N) is 2. The Hall–Kier alpha value is -4.16. The monoisotopic (exact) mass is 565 g/mol. The highest BCUT2D eigenvalue weighted by Crippen LogP contribution is 2.27. The average molecular weight is 566 g/mol. The Morgan fingerprint density at radius 1 is 1.16 bits per heavy atom. The highest BCUT2D eigenvalue weighted by atomic mass is 79.9. The van der Waals surface area contributed by atoms with Gasteiger partial charge in [0.1, 0.15) is 18.7 Å². The van der Waals surface area contributed by atoms with Crippen LogP contribution in [0.25, 0.3) is 10.9 Å². The molecule has 0 aliphatic carbocycles. The van der Waals surface area contributed by atoms with Crippen LogP contribution in [0.4, 0.5) is 23.0 Å². The predicted octanol–water partition coefficient (Wildman–Crippen LogP) is 4.55. The zero-order valence-corrected chi connectivity index (χ0v) is 22.1. The molecule has 4 rings (SSSR count). The van der Waals surface area contributed by atoms with Crippen molar-refractivity contribution in [3.8, 4) is 0 Å². The summed E-state index contributed by atoms with van der Waals surface area (Å²) in [6.45, 7) is 0.874. The molecule has 37 heavy (non-hydrogen) atoms. The van der Waals surface area contributed by atoms with E-state index >= 15 is 0 Å². The summed E-state index contributed by atoms with van der Waals surface area (Å²) < 4.78 is 3.00. The number of nitrogens with zero attached hydrogens (tertiary/aromatic N) is 6. The molecular weight excluding hydrogens is 540 g/mol. The van der Waals surface area contributed by atoms with Crippen molar-refractivity contribution in [2.45, 2.75) is 6.54 Å². The van der Waals surface area contributed by atoms with Gasteiger partial charge in [-0.05, 0) is 52.4 Å². The van der Waals surface area contributed by atoms with Crippen LogP contribution in [0.3, 0.4) is 0 Å². The van der Waals surface area contributed by atoms with Crippen molar-refractivity contribution in [3.63, 3.8) is 0 Å². The smallest absolute Gasteiger partial charge is 0.358 e. The van der Waals surface area contributed by atoms with Crippen LogP contribution >= 0.6 is 15.9 Å². The van der Waals surface area contributed by atoms with E-state index in [0.717, 1.165) is 21.1 Å². The molecule has 0 saturated heterocycles. The quantitative estimate of drug-likeness (QED) is 0.132. The molecular formula is C25H26BrN8O3+. The SMILES string of the molecule is Cn1cnc([N+](=O)[O-])c1C[N+](C)(C)C/C=C/C(=O)Nc1ccc2ncnc(Nc3cccc(Br)c3)c2c1. The lowest BCUT2D eigenvalue weighted by Crippen LogP contribution is -2.39. The summed E-state index contributed by atoms with van der Waals surface area (Å²) in [4.78, 5) is 35.9. The number of halogens is 1. The number of carbonyl (C=O) groups is 1. The molecule has 11 nitrogen and oxygen atoms in total. The lowest BCUT2D eigenvalue weighted by atomic mass is 10.2. The van der Waals surface area contributed by atoms with E-state index in [-0.39, 0.29) is 11.7 Å². The maximum Gasteiger partial charge on any atom is 0.390 e. The highest BCUT2D eigenvalue weighted by Gasteiger charge is 2.26. The van der Waals surface area contributed by atoms with Gasteiger partial charge in [0.2, 0.25) is 12.2 Å². The first kappa shape index (κ1) is 25.9. The molecule has 2 heterocycles. The summed E-state index contributed by atoms with van der Waals surface area (Å²) in [5.74, 6) is 0.187. The van der Waals surface area contributed by atoms with Crippen molar-refractivity contribution in [2.24, 2.45) is 7.05 Å². The minimum Gasteiger partial charge on any atom is -0.358 e. The summed E-state index contributed by atoms with van der Waals surface area (Å²) in [5, 5.41) is 18.2. The van der Waals surface area contributed by atoms with Crippen molar-refractivity contribution in [3.05, 3.63) is 87.6 Å². The maximum absolute atomic E-state index is 12.6. The number of hydrogen-bond acceptors (Lipinski definition) is 7. The van der Waals surface area contributed by atoms with Gasteiger partial charge in [-0.3, -0.25) is 4.79 Å². The van der Waals surface area contributed by atoms with Crippen molar-refractivity contribution >= 4 is 55.8 Å². The minimum atomic E-state index is -0.479. The molecule has 190 valence electrons. The van der Waals surface area contributed by atoms with E-state index in [0.29, 0.717) is 34.8 Å². The van der Waals surface area contributed by atoms with Gasteiger partial charge < -0.3 is 29.8 Å². The number of nitro groups is 1. The van der Waals surface area contributed by atoms with Crippen LogP contribution in [0.2, 0.25) is 0 Å². The molecule has 12 heteroatoms. The van der Waals surface area contributed by atoms with Crippen molar-refractivity contribution in [1.29, 1.82) is 0 Å². The van der Waals surface area contributed by atoms with Gasteiger partial charge in [-0.15, -0.1) is 0 Å². The third-order valence-electron chi connectivity index (χ3n) is 5.65. The average Bonchev–Trinajstić information content (AvgIpc) is 3.19. The zero-order chi connectivity index (χ0) is 26.6. The standard InChI is InChI=1S/C25H25BrN8O3/c1-32-16-29-25(33(36)37)22(32)14-34(2,3)11-5-8-23(35)30-19-9-10-21-20(13-19)24(28-15-27-21)31-18-7-4-6-17(26)12-18/h4-10,12-13,15-16H,11,14H2,1-3H3,(H-,27,28,30,31,35)/p+1/b8-5+. The number of rotatable bonds is 9. The van der Waals surface area contributed by atoms with E-state index in [2.05, 4.69) is 41.5 Å². The number of likely N-dealkylation sites (N-methyl/N-ethyl adjacent to an activating group) is 1. The third kappa shape index (κ3) is 6.54. The number of hydrogen-bond donors (Lipinski definition) is 2. The summed E-state index contributed by atoms with van der Waals surface area (Å²) in [7, 11) is 5.59. The van der Waals surface area contributed by atoms with E-state index < -0.39 is 4.92 Å². The number of aryl methyl sites for hydroxylation is 1. The van der Waals surface area contributed by atoms with Gasteiger partial charge in [-0.25, -0.2) is 9.97 Å². The molecule has 0 unspecified atom stereocenters. The molecule has 2 N–H and O–H groups in total. The first-order valence-electron chi connectivity index (χ1n) is 11.3. The molecule has 2 aromatic heterocycles. The van der Waals surface area contributed by atoms with Crippen molar-refractivity contribution in [2.75, 3.05) is 31.3 Å². The van der Waals surface area contributed by atoms with Crippen LogP contribution in [-0.4, -0.2) is 55.5 Å². The Labute approximate surface area is 221 Å². The van der Waals surface area contributed by atoms with E-state index in [9.17, 15) is 14.9 Å². The summed E-state index contributed by atoms with van der Waals surface area (Å²) in [5.41, 5.74) is 2.74. The number of amides is 1. The number of carbonyl (C=O) groups excluding carboxylic acids is 1. The Bertz CT molecular complexity index is 1500. The molecule has 0 radical (unpaired) electrons. The first-order chi connectivity index (χ1) is 17.6. The van der Waals surface area contributed by atoms with E-state index in [1.54, 1.807) is 23.8 Å². The number of benzene rings is 2. The van der Waals surface area contributed by atoms with Crippen LogP contribution < -0.4 is 10.6 Å². The van der Waals surface area contributed by atoms with Gasteiger partial charge in [-0.2, -0.15) is 0 Å². The topological polar surface area (TPSA) is 128 Å². The maximum atomic E-state index is 12.6. The van der Waals surface area contributed by atoms with Gasteiger partial charge >= 0.3 is 5.82 Å². The Morgan fingerprint density at radius 2 is 1.97 bits per heavy atom.